The number of rotatable bonds is 7. The molecule has 29 heavy (non-hydrogen) atoms. The molecule has 11 nitrogen and oxygen atoms in total. The van der Waals surface area contributed by atoms with Gasteiger partial charge in [-0.3, -0.25) is 0 Å². The Morgan fingerprint density at radius 1 is 1.00 bits per heavy atom. The van der Waals surface area contributed by atoms with Gasteiger partial charge < -0.3 is 54.7 Å². The Balaban J connectivity index is 1.65. The molecule has 0 amide bonds. The van der Waals surface area contributed by atoms with Crippen molar-refractivity contribution in [3.8, 4) is 5.75 Å². The molecule has 1 aromatic carbocycles. The smallest absolute Gasteiger partial charge is 0.229 e. The second-order valence-corrected chi connectivity index (χ2v) is 7.12. The maximum absolute atomic E-state index is 10.2. The van der Waals surface area contributed by atoms with Crippen LogP contribution in [-0.4, -0.2) is 104 Å². The van der Waals surface area contributed by atoms with E-state index in [1.54, 1.807) is 24.3 Å². The van der Waals surface area contributed by atoms with E-state index in [1.807, 2.05) is 0 Å². The Kier molecular flexibility index (Phi) is 7.06. The van der Waals surface area contributed by atoms with Crippen LogP contribution in [0.3, 0.4) is 0 Å². The first-order valence-corrected chi connectivity index (χ1v) is 9.10. The summed E-state index contributed by atoms with van der Waals surface area (Å²) in [7, 11) is 0. The Morgan fingerprint density at radius 2 is 1.72 bits per heavy atom. The van der Waals surface area contributed by atoms with Crippen LogP contribution in [0.5, 0.6) is 5.75 Å². The zero-order valence-corrected chi connectivity index (χ0v) is 15.4. The van der Waals surface area contributed by atoms with Gasteiger partial charge in [-0.15, -0.1) is 0 Å². The summed E-state index contributed by atoms with van der Waals surface area (Å²) in [5.41, 5.74) is -1.44. The zero-order chi connectivity index (χ0) is 21.2. The van der Waals surface area contributed by atoms with E-state index in [0.29, 0.717) is 5.56 Å². The van der Waals surface area contributed by atoms with Gasteiger partial charge in [-0.05, 0) is 6.07 Å². The van der Waals surface area contributed by atoms with Gasteiger partial charge in [0, 0.05) is 5.56 Å². The first-order chi connectivity index (χ1) is 13.8. The van der Waals surface area contributed by atoms with E-state index in [4.69, 9.17) is 24.1 Å². The lowest BCUT2D eigenvalue weighted by atomic mass is 9.99. The lowest BCUT2D eigenvalue weighted by molar-refractivity contribution is -0.289. The Labute approximate surface area is 166 Å². The Morgan fingerprint density at radius 3 is 2.38 bits per heavy atom. The summed E-state index contributed by atoms with van der Waals surface area (Å²) in [6.07, 6.45) is -10.1. The van der Waals surface area contributed by atoms with Crippen LogP contribution < -0.4 is 4.74 Å². The van der Waals surface area contributed by atoms with E-state index >= 15 is 0 Å². The summed E-state index contributed by atoms with van der Waals surface area (Å²) in [6, 6.07) is 6.49. The summed E-state index contributed by atoms with van der Waals surface area (Å²) in [5.74, 6) is 0.227. The van der Waals surface area contributed by atoms with Crippen molar-refractivity contribution in [1.29, 1.82) is 0 Å². The zero-order valence-electron chi connectivity index (χ0n) is 15.4. The first-order valence-electron chi connectivity index (χ1n) is 9.10. The fourth-order valence-electron chi connectivity index (χ4n) is 3.15. The van der Waals surface area contributed by atoms with Crippen molar-refractivity contribution in [1.82, 2.24) is 0 Å². The number of hydrogen-bond donors (Lipinski definition) is 7. The lowest BCUT2D eigenvalue weighted by Gasteiger charge is -2.40. The van der Waals surface area contributed by atoms with Crippen LogP contribution in [0.25, 0.3) is 0 Å². The molecule has 2 heterocycles. The molecule has 2 fully saturated rings. The number of benzene rings is 1. The fraction of sp³-hybridized carbons (Fsp3) is 0.667. The standard InChI is InChI=1S/C18H26O11/c19-5-9-3-1-2-4-10(9)28-16-14(23)13(22)12(21)11(29-16)6-26-17-15(24)18(25,7-20)8-27-17/h1-4,11-17,19-25H,5-8H2. The average molecular weight is 418 g/mol. The van der Waals surface area contributed by atoms with Crippen LogP contribution in [0.15, 0.2) is 24.3 Å². The van der Waals surface area contributed by atoms with Crippen LogP contribution in [0.4, 0.5) is 0 Å². The number of hydrogen-bond acceptors (Lipinski definition) is 11. The van der Waals surface area contributed by atoms with Crippen LogP contribution in [0.2, 0.25) is 0 Å². The van der Waals surface area contributed by atoms with Gasteiger partial charge >= 0.3 is 0 Å². The summed E-state index contributed by atoms with van der Waals surface area (Å²) in [4.78, 5) is 0. The molecule has 8 atom stereocenters. The third kappa shape index (κ3) is 4.54. The quantitative estimate of drug-likeness (QED) is 0.237. The van der Waals surface area contributed by atoms with Crippen molar-refractivity contribution in [2.24, 2.45) is 0 Å². The molecule has 2 saturated heterocycles. The highest BCUT2D eigenvalue weighted by Crippen LogP contribution is 2.29. The van der Waals surface area contributed by atoms with Gasteiger partial charge in [0.15, 0.2) is 6.29 Å². The van der Waals surface area contributed by atoms with E-state index in [1.165, 1.54) is 0 Å². The number of para-hydroxylation sites is 1. The Bertz CT molecular complexity index is 673. The first kappa shape index (κ1) is 22.3. The van der Waals surface area contributed by atoms with Gasteiger partial charge in [-0.25, -0.2) is 0 Å². The number of aliphatic hydroxyl groups is 7. The molecular formula is C18H26O11. The van der Waals surface area contributed by atoms with E-state index in [9.17, 15) is 30.6 Å². The van der Waals surface area contributed by atoms with Crippen LogP contribution in [0, 0.1) is 0 Å². The summed E-state index contributed by atoms with van der Waals surface area (Å²) >= 11 is 0. The molecule has 2 aliphatic rings. The second-order valence-electron chi connectivity index (χ2n) is 7.12. The van der Waals surface area contributed by atoms with Gasteiger partial charge in [0.25, 0.3) is 0 Å². The molecule has 11 heteroatoms. The third-order valence-electron chi connectivity index (χ3n) is 5.06. The molecule has 8 unspecified atom stereocenters. The van der Waals surface area contributed by atoms with Crippen LogP contribution >= 0.6 is 0 Å². The van der Waals surface area contributed by atoms with Gasteiger partial charge in [-0.2, -0.15) is 0 Å². The molecule has 7 N–H and O–H groups in total. The van der Waals surface area contributed by atoms with Crippen LogP contribution in [-0.2, 0) is 20.8 Å². The van der Waals surface area contributed by atoms with Crippen molar-refractivity contribution in [2.75, 3.05) is 19.8 Å². The van der Waals surface area contributed by atoms with E-state index in [-0.39, 0.29) is 25.6 Å². The second kappa shape index (κ2) is 9.18. The van der Waals surface area contributed by atoms with Gasteiger partial charge in [0.2, 0.25) is 6.29 Å². The number of aliphatic hydroxyl groups excluding tert-OH is 6. The molecule has 2 aliphatic heterocycles. The highest BCUT2D eigenvalue weighted by Gasteiger charge is 2.50. The van der Waals surface area contributed by atoms with E-state index in [2.05, 4.69) is 0 Å². The largest absolute Gasteiger partial charge is 0.462 e. The Hall–Kier alpha value is -1.38. The topological polar surface area (TPSA) is 179 Å². The highest BCUT2D eigenvalue weighted by atomic mass is 16.7. The molecule has 0 spiro atoms. The monoisotopic (exact) mass is 418 g/mol. The molecule has 0 aromatic heterocycles. The van der Waals surface area contributed by atoms with Gasteiger partial charge in [0.1, 0.15) is 41.9 Å². The van der Waals surface area contributed by atoms with Crippen molar-refractivity contribution >= 4 is 0 Å². The van der Waals surface area contributed by atoms with Crippen molar-refractivity contribution in [3.05, 3.63) is 29.8 Å². The van der Waals surface area contributed by atoms with E-state index < -0.39 is 55.3 Å². The minimum atomic E-state index is -1.87. The lowest BCUT2D eigenvalue weighted by Crippen LogP contribution is -2.60. The molecule has 3 rings (SSSR count). The minimum absolute atomic E-state index is 0.227. The molecule has 164 valence electrons. The van der Waals surface area contributed by atoms with Crippen molar-refractivity contribution in [2.45, 2.75) is 55.3 Å². The predicted molar refractivity (Wildman–Crippen MR) is 93.4 cm³/mol. The summed E-state index contributed by atoms with van der Waals surface area (Å²) in [6.45, 7) is -1.78. The normalized spacial score (nSPS) is 40.2. The molecule has 0 bridgehead atoms. The summed E-state index contributed by atoms with van der Waals surface area (Å²) < 4.78 is 21.5. The molecule has 0 saturated carbocycles. The maximum atomic E-state index is 10.2. The molecule has 0 aliphatic carbocycles. The van der Waals surface area contributed by atoms with E-state index in [0.717, 1.165) is 0 Å². The van der Waals surface area contributed by atoms with Crippen molar-refractivity contribution in [3.63, 3.8) is 0 Å². The highest BCUT2D eigenvalue weighted by molar-refractivity contribution is 5.32. The summed E-state index contributed by atoms with van der Waals surface area (Å²) in [5, 5.41) is 69.0. The van der Waals surface area contributed by atoms with Gasteiger partial charge in [0.05, 0.1) is 26.4 Å². The maximum Gasteiger partial charge on any atom is 0.229 e. The average Bonchev–Trinajstić information content (AvgIpc) is 3.02. The van der Waals surface area contributed by atoms with Gasteiger partial charge in [-0.1, -0.05) is 18.2 Å². The fourth-order valence-corrected chi connectivity index (χ4v) is 3.15. The SMILES string of the molecule is OCc1ccccc1OC1OC(COC2OCC(O)(CO)C2O)C(O)C(O)C1O. The van der Waals surface area contributed by atoms with Crippen molar-refractivity contribution < 1.29 is 54.7 Å². The third-order valence-corrected chi connectivity index (χ3v) is 5.06. The minimum Gasteiger partial charge on any atom is -0.462 e. The number of ether oxygens (including phenoxy) is 4. The molecule has 0 radical (unpaired) electrons. The van der Waals surface area contributed by atoms with Crippen LogP contribution in [0.1, 0.15) is 5.56 Å². The molecule has 1 aromatic rings. The predicted octanol–water partition coefficient (Wildman–Crippen LogP) is -3.18. The molecular weight excluding hydrogens is 392 g/mol.